The maximum Gasteiger partial charge on any atom is 0.130 e. The lowest BCUT2D eigenvalue weighted by atomic mass is 9.98. The summed E-state index contributed by atoms with van der Waals surface area (Å²) < 4.78 is 7.95. The van der Waals surface area contributed by atoms with E-state index in [1.807, 2.05) is 35.9 Å². The molecule has 0 amide bonds. The molecule has 1 heterocycles. The number of carbonyl (C=O) groups is 1. The highest BCUT2D eigenvalue weighted by Gasteiger charge is 2.14. The molecule has 1 aromatic heterocycles. The molecule has 1 aromatic carbocycles. The van der Waals surface area contributed by atoms with Gasteiger partial charge in [0.05, 0.1) is 18.8 Å². The van der Waals surface area contributed by atoms with Crippen LogP contribution in [0, 0.1) is 12.3 Å². The van der Waals surface area contributed by atoms with E-state index in [4.69, 9.17) is 16.3 Å². The van der Waals surface area contributed by atoms with Gasteiger partial charge in [-0.3, -0.25) is 4.68 Å². The van der Waals surface area contributed by atoms with Crippen LogP contribution in [0.1, 0.15) is 51.1 Å². The molecule has 5 heteroatoms. The summed E-state index contributed by atoms with van der Waals surface area (Å²) in [7, 11) is 0. The molecule has 0 aliphatic heterocycles. The SMILES string of the molecule is CC(=O)CCc1cc(C)n(Cc2cc(Cl)ccc2OCC(C)(C)C)n1. The van der Waals surface area contributed by atoms with E-state index in [-0.39, 0.29) is 11.2 Å². The molecule has 0 unspecified atom stereocenters. The molecule has 0 N–H and O–H groups in total. The summed E-state index contributed by atoms with van der Waals surface area (Å²) in [6.45, 7) is 11.3. The molecule has 0 fully saturated rings. The predicted molar refractivity (Wildman–Crippen MR) is 101 cm³/mol. The number of rotatable bonds is 7. The van der Waals surface area contributed by atoms with Crippen molar-refractivity contribution in [2.75, 3.05) is 6.61 Å². The van der Waals surface area contributed by atoms with E-state index in [0.29, 0.717) is 31.0 Å². The second kappa shape index (κ2) is 8.05. The third-order valence-corrected chi connectivity index (χ3v) is 4.00. The second-order valence-electron chi connectivity index (χ2n) is 7.74. The van der Waals surface area contributed by atoms with Crippen LogP contribution in [-0.4, -0.2) is 22.2 Å². The minimum Gasteiger partial charge on any atom is -0.493 e. The lowest BCUT2D eigenvalue weighted by molar-refractivity contribution is -0.117. The minimum absolute atomic E-state index is 0.0817. The maximum absolute atomic E-state index is 11.2. The van der Waals surface area contributed by atoms with E-state index in [2.05, 4.69) is 25.9 Å². The Morgan fingerprint density at radius 1 is 1.28 bits per heavy atom. The Balaban J connectivity index is 2.18. The molecule has 0 atom stereocenters. The van der Waals surface area contributed by atoms with Crippen molar-refractivity contribution >= 4 is 17.4 Å². The van der Waals surface area contributed by atoms with Crippen molar-refractivity contribution in [3.05, 3.63) is 46.2 Å². The molecule has 0 saturated heterocycles. The van der Waals surface area contributed by atoms with Gasteiger partial charge in [0.25, 0.3) is 0 Å². The summed E-state index contributed by atoms with van der Waals surface area (Å²) in [6.07, 6.45) is 1.19. The quantitative estimate of drug-likeness (QED) is 0.707. The van der Waals surface area contributed by atoms with Crippen molar-refractivity contribution in [3.8, 4) is 5.75 Å². The molecule has 2 aromatic rings. The number of benzene rings is 1. The summed E-state index contributed by atoms with van der Waals surface area (Å²) in [5.41, 5.74) is 3.08. The van der Waals surface area contributed by atoms with Gasteiger partial charge >= 0.3 is 0 Å². The number of nitrogens with zero attached hydrogens (tertiary/aromatic N) is 2. The van der Waals surface area contributed by atoms with E-state index >= 15 is 0 Å². The Bertz CT molecular complexity index is 745. The average Bonchev–Trinajstić information content (AvgIpc) is 2.84. The van der Waals surface area contributed by atoms with Gasteiger partial charge in [-0.15, -0.1) is 0 Å². The monoisotopic (exact) mass is 362 g/mol. The highest BCUT2D eigenvalue weighted by molar-refractivity contribution is 6.30. The van der Waals surface area contributed by atoms with Gasteiger partial charge in [0.2, 0.25) is 0 Å². The van der Waals surface area contributed by atoms with Crippen LogP contribution in [0.2, 0.25) is 5.02 Å². The smallest absolute Gasteiger partial charge is 0.130 e. The van der Waals surface area contributed by atoms with Gasteiger partial charge in [-0.05, 0) is 49.9 Å². The molecule has 0 saturated carbocycles. The molecule has 0 bridgehead atoms. The Hall–Kier alpha value is -1.81. The third kappa shape index (κ3) is 6.20. The fourth-order valence-corrected chi connectivity index (χ4v) is 2.63. The zero-order valence-corrected chi connectivity index (χ0v) is 16.5. The Labute approximate surface area is 155 Å². The minimum atomic E-state index is 0.0817. The predicted octanol–water partition coefficient (Wildman–Crippen LogP) is 4.84. The Morgan fingerprint density at radius 3 is 2.64 bits per heavy atom. The molecule has 0 aliphatic rings. The van der Waals surface area contributed by atoms with E-state index in [1.54, 1.807) is 6.92 Å². The molecule has 4 nitrogen and oxygen atoms in total. The number of hydrogen-bond donors (Lipinski definition) is 0. The van der Waals surface area contributed by atoms with Crippen molar-refractivity contribution < 1.29 is 9.53 Å². The summed E-state index contributed by atoms with van der Waals surface area (Å²) in [4.78, 5) is 11.2. The zero-order chi connectivity index (χ0) is 18.6. The third-order valence-electron chi connectivity index (χ3n) is 3.77. The first kappa shape index (κ1) is 19.5. The second-order valence-corrected chi connectivity index (χ2v) is 8.17. The normalized spacial score (nSPS) is 11.6. The molecule has 0 radical (unpaired) electrons. The van der Waals surface area contributed by atoms with Gasteiger partial charge in [0.1, 0.15) is 11.5 Å². The summed E-state index contributed by atoms with van der Waals surface area (Å²) >= 11 is 6.18. The highest BCUT2D eigenvalue weighted by atomic mass is 35.5. The molecule has 25 heavy (non-hydrogen) atoms. The number of carbonyl (C=O) groups excluding carboxylic acids is 1. The van der Waals surface area contributed by atoms with Crippen molar-refractivity contribution in [2.24, 2.45) is 5.41 Å². The topological polar surface area (TPSA) is 44.1 Å². The molecular weight excluding hydrogens is 336 g/mol. The van der Waals surface area contributed by atoms with Crippen molar-refractivity contribution in [3.63, 3.8) is 0 Å². The average molecular weight is 363 g/mol. The van der Waals surface area contributed by atoms with E-state index < -0.39 is 0 Å². The Morgan fingerprint density at radius 2 is 2.00 bits per heavy atom. The maximum atomic E-state index is 11.2. The van der Waals surface area contributed by atoms with Gasteiger partial charge in [-0.1, -0.05) is 32.4 Å². The summed E-state index contributed by atoms with van der Waals surface area (Å²) in [5, 5.41) is 5.30. The summed E-state index contributed by atoms with van der Waals surface area (Å²) in [5.74, 6) is 1.01. The first-order valence-electron chi connectivity index (χ1n) is 8.58. The fraction of sp³-hybridized carbons (Fsp3) is 0.500. The number of ether oxygens (including phenoxy) is 1. The molecule has 2 rings (SSSR count). The van der Waals surface area contributed by atoms with Crippen LogP contribution in [0.5, 0.6) is 5.75 Å². The van der Waals surface area contributed by atoms with Gasteiger partial charge in [-0.2, -0.15) is 5.10 Å². The van der Waals surface area contributed by atoms with Crippen molar-refractivity contribution in [1.82, 2.24) is 9.78 Å². The molecule has 136 valence electrons. The van der Waals surface area contributed by atoms with Gasteiger partial charge in [0.15, 0.2) is 0 Å². The molecular formula is C20H27ClN2O2. The van der Waals surface area contributed by atoms with Crippen LogP contribution in [0.15, 0.2) is 24.3 Å². The number of halogens is 1. The first-order valence-corrected chi connectivity index (χ1v) is 8.96. The largest absolute Gasteiger partial charge is 0.493 e. The van der Waals surface area contributed by atoms with Crippen LogP contribution < -0.4 is 4.74 Å². The molecule has 0 aliphatic carbocycles. The number of aromatic nitrogens is 2. The summed E-state index contributed by atoms with van der Waals surface area (Å²) in [6, 6.07) is 7.72. The lowest BCUT2D eigenvalue weighted by Gasteiger charge is -2.20. The number of hydrogen-bond acceptors (Lipinski definition) is 3. The number of ketones is 1. The standard InChI is InChI=1S/C20H27ClN2O2/c1-14-10-18(8-6-15(2)24)22-23(14)12-16-11-17(21)7-9-19(16)25-13-20(3,4)5/h7,9-11H,6,8,12-13H2,1-5H3. The van der Waals surface area contributed by atoms with E-state index in [9.17, 15) is 4.79 Å². The van der Waals surface area contributed by atoms with Crippen LogP contribution in [0.4, 0.5) is 0 Å². The van der Waals surface area contributed by atoms with Crippen LogP contribution in [0.25, 0.3) is 0 Å². The van der Waals surface area contributed by atoms with Crippen LogP contribution >= 0.6 is 11.6 Å². The van der Waals surface area contributed by atoms with E-state index in [0.717, 1.165) is 22.7 Å². The number of aryl methyl sites for hydroxylation is 2. The van der Waals surface area contributed by atoms with Gasteiger partial charge < -0.3 is 9.53 Å². The lowest BCUT2D eigenvalue weighted by Crippen LogP contribution is -2.18. The zero-order valence-electron chi connectivity index (χ0n) is 15.7. The fourth-order valence-electron chi connectivity index (χ4n) is 2.43. The Kier molecular flexibility index (Phi) is 6.28. The van der Waals surface area contributed by atoms with Crippen LogP contribution in [0.3, 0.4) is 0 Å². The van der Waals surface area contributed by atoms with Gasteiger partial charge in [0, 0.05) is 22.7 Å². The number of Topliss-reactive ketones (excluding diaryl/α,β-unsaturated/α-hetero) is 1. The van der Waals surface area contributed by atoms with Crippen molar-refractivity contribution in [2.45, 2.75) is 54.0 Å². The van der Waals surface area contributed by atoms with Gasteiger partial charge in [-0.25, -0.2) is 0 Å². The van der Waals surface area contributed by atoms with E-state index in [1.165, 1.54) is 0 Å². The van der Waals surface area contributed by atoms with Crippen molar-refractivity contribution in [1.29, 1.82) is 0 Å². The molecule has 0 spiro atoms. The highest BCUT2D eigenvalue weighted by Crippen LogP contribution is 2.26. The van der Waals surface area contributed by atoms with Crippen LogP contribution in [-0.2, 0) is 17.8 Å². The first-order chi connectivity index (χ1) is 11.6.